The van der Waals surface area contributed by atoms with E-state index in [9.17, 15) is 9.59 Å². The van der Waals surface area contributed by atoms with E-state index < -0.39 is 11.9 Å². The maximum atomic E-state index is 12.2. The predicted molar refractivity (Wildman–Crippen MR) is 75.4 cm³/mol. The largest absolute Gasteiger partial charge is 0.481 e. The lowest BCUT2D eigenvalue weighted by Crippen LogP contribution is -2.53. The first-order chi connectivity index (χ1) is 9.52. The number of hydrogen-bond acceptors (Lipinski definition) is 3. The molecule has 0 radical (unpaired) electrons. The van der Waals surface area contributed by atoms with Crippen LogP contribution >= 0.6 is 0 Å². The fraction of sp³-hybridized carbons (Fsp3) is 0.467. The van der Waals surface area contributed by atoms with Crippen molar-refractivity contribution in [2.45, 2.75) is 13.3 Å². The van der Waals surface area contributed by atoms with Crippen LogP contribution in [0.25, 0.3) is 0 Å². The lowest BCUT2D eigenvalue weighted by molar-refractivity contribution is -0.144. The Morgan fingerprint density at radius 2 is 1.95 bits per heavy atom. The van der Waals surface area contributed by atoms with Crippen LogP contribution in [0.1, 0.15) is 22.8 Å². The number of nitrogens with zero attached hydrogens (tertiary/aromatic N) is 1. The van der Waals surface area contributed by atoms with Gasteiger partial charge in [-0.15, -0.1) is 0 Å². The number of carbonyl (C=O) groups is 2. The molecule has 1 fully saturated rings. The van der Waals surface area contributed by atoms with E-state index in [0.29, 0.717) is 25.2 Å². The molecule has 5 heteroatoms. The van der Waals surface area contributed by atoms with E-state index in [1.165, 1.54) is 0 Å². The standard InChI is InChI=1S/C15H20N2O3/c1-10(15(19)20)13-8-17(9-13)14(18)12-4-2-11(3-5-12)6-7-16/h2-5,10,13H,6-9,16H2,1H3,(H,19,20). The summed E-state index contributed by atoms with van der Waals surface area (Å²) < 4.78 is 0. The smallest absolute Gasteiger partial charge is 0.306 e. The van der Waals surface area contributed by atoms with Crippen LogP contribution in [0.4, 0.5) is 0 Å². The molecule has 1 aromatic rings. The normalized spacial score (nSPS) is 16.6. The summed E-state index contributed by atoms with van der Waals surface area (Å²) >= 11 is 0. The molecule has 1 saturated heterocycles. The Kier molecular flexibility index (Phi) is 4.39. The van der Waals surface area contributed by atoms with Crippen molar-refractivity contribution in [3.8, 4) is 0 Å². The highest BCUT2D eigenvalue weighted by molar-refractivity contribution is 5.94. The van der Waals surface area contributed by atoms with Crippen LogP contribution in [0.15, 0.2) is 24.3 Å². The van der Waals surface area contributed by atoms with Crippen molar-refractivity contribution in [2.75, 3.05) is 19.6 Å². The summed E-state index contributed by atoms with van der Waals surface area (Å²) in [6.45, 7) is 3.33. The fourth-order valence-corrected chi connectivity index (χ4v) is 2.36. The summed E-state index contributed by atoms with van der Waals surface area (Å²) in [4.78, 5) is 24.7. The van der Waals surface area contributed by atoms with Crippen molar-refractivity contribution in [2.24, 2.45) is 17.6 Å². The molecule has 1 unspecified atom stereocenters. The van der Waals surface area contributed by atoms with Crippen LogP contribution in [0, 0.1) is 11.8 Å². The third-order valence-corrected chi connectivity index (χ3v) is 3.93. The minimum atomic E-state index is -0.798. The first-order valence-corrected chi connectivity index (χ1v) is 6.84. The Morgan fingerprint density at radius 3 is 2.45 bits per heavy atom. The summed E-state index contributed by atoms with van der Waals surface area (Å²) in [5, 5.41) is 8.93. The van der Waals surface area contributed by atoms with Gasteiger partial charge in [-0.1, -0.05) is 19.1 Å². The minimum Gasteiger partial charge on any atom is -0.481 e. The molecule has 5 nitrogen and oxygen atoms in total. The van der Waals surface area contributed by atoms with Gasteiger partial charge in [-0.3, -0.25) is 9.59 Å². The van der Waals surface area contributed by atoms with Crippen LogP contribution in [0.5, 0.6) is 0 Å². The van der Waals surface area contributed by atoms with Crippen molar-refractivity contribution in [3.05, 3.63) is 35.4 Å². The second kappa shape index (κ2) is 6.05. The van der Waals surface area contributed by atoms with Crippen molar-refractivity contribution >= 4 is 11.9 Å². The van der Waals surface area contributed by atoms with Crippen LogP contribution in [0.3, 0.4) is 0 Å². The average molecular weight is 276 g/mol. The average Bonchev–Trinajstić information content (AvgIpc) is 2.37. The Labute approximate surface area is 118 Å². The number of benzene rings is 1. The summed E-state index contributed by atoms with van der Waals surface area (Å²) in [5.41, 5.74) is 7.24. The molecule has 3 N–H and O–H groups in total. The topological polar surface area (TPSA) is 83.6 Å². The number of rotatable bonds is 5. The van der Waals surface area contributed by atoms with Gasteiger partial charge in [-0.25, -0.2) is 0 Å². The maximum absolute atomic E-state index is 12.2. The molecule has 0 aliphatic carbocycles. The van der Waals surface area contributed by atoms with E-state index >= 15 is 0 Å². The van der Waals surface area contributed by atoms with E-state index in [1.54, 1.807) is 24.0 Å². The number of carboxylic acids is 1. The Hall–Kier alpha value is -1.88. The molecule has 0 saturated carbocycles. The van der Waals surface area contributed by atoms with Gasteiger partial charge in [0.15, 0.2) is 0 Å². The van der Waals surface area contributed by atoms with Gasteiger partial charge in [0.1, 0.15) is 0 Å². The van der Waals surface area contributed by atoms with Gasteiger partial charge in [-0.2, -0.15) is 0 Å². The number of amides is 1. The van der Waals surface area contributed by atoms with Gasteiger partial charge < -0.3 is 15.7 Å². The predicted octanol–water partition coefficient (Wildman–Crippen LogP) is 0.981. The molecule has 1 aliphatic rings. The van der Waals surface area contributed by atoms with Crippen LogP contribution in [-0.4, -0.2) is 41.5 Å². The molecule has 1 aliphatic heterocycles. The highest BCUT2D eigenvalue weighted by Gasteiger charge is 2.37. The Balaban J connectivity index is 1.92. The number of likely N-dealkylation sites (tertiary alicyclic amines) is 1. The van der Waals surface area contributed by atoms with E-state index in [0.717, 1.165) is 12.0 Å². The molecule has 1 atom stereocenters. The van der Waals surface area contributed by atoms with Crippen molar-refractivity contribution in [1.82, 2.24) is 4.90 Å². The van der Waals surface area contributed by atoms with E-state index in [-0.39, 0.29) is 11.8 Å². The first kappa shape index (κ1) is 14.5. The highest BCUT2D eigenvalue weighted by Crippen LogP contribution is 2.25. The lowest BCUT2D eigenvalue weighted by atomic mass is 9.86. The molecule has 0 aromatic heterocycles. The Bertz CT molecular complexity index is 492. The second-order valence-electron chi connectivity index (χ2n) is 5.33. The number of aliphatic carboxylic acids is 1. The molecule has 1 amide bonds. The van der Waals surface area contributed by atoms with E-state index in [4.69, 9.17) is 10.8 Å². The van der Waals surface area contributed by atoms with Crippen molar-refractivity contribution in [1.29, 1.82) is 0 Å². The lowest BCUT2D eigenvalue weighted by Gasteiger charge is -2.41. The molecule has 108 valence electrons. The molecule has 1 heterocycles. The Morgan fingerprint density at radius 1 is 1.35 bits per heavy atom. The van der Waals surface area contributed by atoms with Gasteiger partial charge >= 0.3 is 5.97 Å². The molecule has 1 aromatic carbocycles. The number of carboxylic acid groups (broad SMARTS) is 1. The molecule has 2 rings (SSSR count). The van der Waals surface area contributed by atoms with Gasteiger partial charge in [0.25, 0.3) is 5.91 Å². The summed E-state index contributed by atoms with van der Waals surface area (Å²) in [6, 6.07) is 7.44. The molecule has 20 heavy (non-hydrogen) atoms. The number of hydrogen-bond donors (Lipinski definition) is 2. The fourth-order valence-electron chi connectivity index (χ4n) is 2.36. The highest BCUT2D eigenvalue weighted by atomic mass is 16.4. The summed E-state index contributed by atoms with van der Waals surface area (Å²) in [5.74, 6) is -1.16. The van der Waals surface area contributed by atoms with E-state index in [2.05, 4.69) is 0 Å². The second-order valence-corrected chi connectivity index (χ2v) is 5.33. The molecule has 0 spiro atoms. The van der Waals surface area contributed by atoms with Gasteiger partial charge in [-0.05, 0) is 30.7 Å². The zero-order valence-electron chi connectivity index (χ0n) is 11.6. The third kappa shape index (κ3) is 2.99. The van der Waals surface area contributed by atoms with Crippen LogP contribution in [0.2, 0.25) is 0 Å². The SMILES string of the molecule is CC(C(=O)O)C1CN(C(=O)c2ccc(CCN)cc2)C1. The zero-order valence-corrected chi connectivity index (χ0v) is 11.6. The van der Waals surface area contributed by atoms with Gasteiger partial charge in [0.2, 0.25) is 0 Å². The van der Waals surface area contributed by atoms with Crippen LogP contribution in [-0.2, 0) is 11.2 Å². The summed E-state index contributed by atoms with van der Waals surface area (Å²) in [7, 11) is 0. The molecular weight excluding hydrogens is 256 g/mol. The first-order valence-electron chi connectivity index (χ1n) is 6.84. The third-order valence-electron chi connectivity index (χ3n) is 3.93. The van der Waals surface area contributed by atoms with Crippen molar-refractivity contribution < 1.29 is 14.7 Å². The molecular formula is C15H20N2O3. The minimum absolute atomic E-state index is 0.0295. The number of carbonyl (C=O) groups excluding carboxylic acids is 1. The number of nitrogens with two attached hydrogens (primary N) is 1. The molecule has 0 bridgehead atoms. The zero-order chi connectivity index (χ0) is 14.7. The van der Waals surface area contributed by atoms with Gasteiger partial charge in [0, 0.05) is 24.6 Å². The van der Waals surface area contributed by atoms with E-state index in [1.807, 2.05) is 12.1 Å². The summed E-state index contributed by atoms with van der Waals surface area (Å²) in [6.07, 6.45) is 0.802. The quantitative estimate of drug-likeness (QED) is 0.839. The maximum Gasteiger partial charge on any atom is 0.306 e. The van der Waals surface area contributed by atoms with Gasteiger partial charge in [0.05, 0.1) is 5.92 Å². The van der Waals surface area contributed by atoms with Crippen LogP contribution < -0.4 is 5.73 Å². The monoisotopic (exact) mass is 276 g/mol. The van der Waals surface area contributed by atoms with Crippen molar-refractivity contribution in [3.63, 3.8) is 0 Å².